The van der Waals surface area contributed by atoms with Crippen molar-refractivity contribution in [1.29, 1.82) is 0 Å². The molecule has 0 aliphatic heterocycles. The van der Waals surface area contributed by atoms with Crippen molar-refractivity contribution >= 4 is 22.5 Å². The highest BCUT2D eigenvalue weighted by Gasteiger charge is 2.24. The van der Waals surface area contributed by atoms with Crippen LogP contribution in [0, 0.1) is 26.6 Å². The molecule has 0 saturated heterocycles. The van der Waals surface area contributed by atoms with E-state index < -0.39 is 5.60 Å². The number of aromatic nitrogens is 4. The second-order valence-corrected chi connectivity index (χ2v) is 10.4. The summed E-state index contributed by atoms with van der Waals surface area (Å²) in [5.41, 5.74) is 3.81. The second-order valence-electron chi connectivity index (χ2n) is 10.4. The number of hydrogen-bond acceptors (Lipinski definition) is 6. The number of nitrogens with one attached hydrogen (secondary N) is 2. The van der Waals surface area contributed by atoms with Crippen molar-refractivity contribution < 1.29 is 23.8 Å². The minimum Gasteiger partial charge on any atom is -0.456 e. The van der Waals surface area contributed by atoms with Gasteiger partial charge in [0.1, 0.15) is 28.8 Å². The number of benzene rings is 2. The molecule has 0 spiro atoms. The summed E-state index contributed by atoms with van der Waals surface area (Å²) >= 11 is 0. The zero-order chi connectivity index (χ0) is 28.8. The Kier molecular flexibility index (Phi) is 7.07. The Hall–Kier alpha value is -4.28. The number of carbonyl (C=O) groups excluding carboxylic acids is 1. The third kappa shape index (κ3) is 5.03. The number of hydrogen-bond donors (Lipinski definition) is 3. The van der Waals surface area contributed by atoms with Crippen LogP contribution in [0.4, 0.5) is 4.39 Å². The number of halogens is 1. The van der Waals surface area contributed by atoms with E-state index in [1.807, 2.05) is 23.6 Å². The topological polar surface area (TPSA) is 114 Å². The molecule has 2 aromatic carbocycles. The molecular weight excluding hydrogens is 513 g/mol. The molecule has 208 valence electrons. The first kappa shape index (κ1) is 27.3. The van der Waals surface area contributed by atoms with Crippen molar-refractivity contribution in [3.05, 3.63) is 76.6 Å². The summed E-state index contributed by atoms with van der Waals surface area (Å²) in [5.74, 6) is 1.09. The molecule has 0 radical (unpaired) electrons. The van der Waals surface area contributed by atoms with Crippen LogP contribution in [0.3, 0.4) is 0 Å². The molecule has 40 heavy (non-hydrogen) atoms. The molecular formula is C30H32FN5O4. The molecule has 3 heterocycles. The van der Waals surface area contributed by atoms with Crippen molar-refractivity contribution in [1.82, 2.24) is 24.9 Å². The van der Waals surface area contributed by atoms with Gasteiger partial charge in [-0.3, -0.25) is 9.20 Å². The van der Waals surface area contributed by atoms with Gasteiger partial charge in [0.05, 0.1) is 17.7 Å². The number of aryl methyl sites for hydroxylation is 3. The van der Waals surface area contributed by atoms with Crippen LogP contribution in [-0.4, -0.2) is 50.9 Å². The van der Waals surface area contributed by atoms with E-state index in [-0.39, 0.29) is 11.7 Å². The predicted octanol–water partition coefficient (Wildman–Crippen LogP) is 5.34. The molecule has 10 heteroatoms. The molecule has 5 aromatic rings. The van der Waals surface area contributed by atoms with Crippen LogP contribution in [0.1, 0.15) is 46.9 Å². The van der Waals surface area contributed by atoms with Gasteiger partial charge in [0.15, 0.2) is 5.65 Å². The van der Waals surface area contributed by atoms with Gasteiger partial charge >= 0.3 is 0 Å². The smallest absolute Gasteiger partial charge is 0.267 e. The van der Waals surface area contributed by atoms with Gasteiger partial charge in [-0.05, 0) is 81.6 Å². The van der Waals surface area contributed by atoms with Crippen LogP contribution in [0.15, 0.2) is 42.6 Å². The Morgan fingerprint density at radius 1 is 1.10 bits per heavy atom. The molecule has 9 nitrogen and oxygen atoms in total. The number of aromatic amines is 1. The van der Waals surface area contributed by atoms with E-state index in [2.05, 4.69) is 20.5 Å². The van der Waals surface area contributed by atoms with Crippen LogP contribution in [0.2, 0.25) is 0 Å². The van der Waals surface area contributed by atoms with Crippen molar-refractivity contribution in [2.24, 2.45) is 0 Å². The normalized spacial score (nSPS) is 11.9. The van der Waals surface area contributed by atoms with Gasteiger partial charge in [0, 0.05) is 36.4 Å². The maximum absolute atomic E-state index is 14.0. The van der Waals surface area contributed by atoms with E-state index in [1.165, 1.54) is 12.1 Å². The van der Waals surface area contributed by atoms with E-state index in [4.69, 9.17) is 9.47 Å². The molecule has 1 amide bonds. The lowest BCUT2D eigenvalue weighted by molar-refractivity contribution is 0.0786. The van der Waals surface area contributed by atoms with Crippen molar-refractivity contribution in [3.8, 4) is 22.6 Å². The van der Waals surface area contributed by atoms with Gasteiger partial charge in [0.25, 0.3) is 5.91 Å². The predicted molar refractivity (Wildman–Crippen MR) is 150 cm³/mol. The Morgan fingerprint density at radius 2 is 1.82 bits per heavy atom. The SMILES string of the molecule is COCCNC(=O)c1cc2c(-c3cc(C(C)(C)O)ccc3Oc3c(C)cc(F)cc3C)cn3c(C)nnc3c2[nH]1. The number of pyridine rings is 1. The van der Waals surface area contributed by atoms with Crippen LogP contribution >= 0.6 is 0 Å². The highest BCUT2D eigenvalue weighted by atomic mass is 19.1. The summed E-state index contributed by atoms with van der Waals surface area (Å²) in [7, 11) is 1.57. The van der Waals surface area contributed by atoms with Gasteiger partial charge in [-0.15, -0.1) is 10.2 Å². The summed E-state index contributed by atoms with van der Waals surface area (Å²) < 4.78 is 27.4. The quantitative estimate of drug-likeness (QED) is 0.227. The maximum Gasteiger partial charge on any atom is 0.267 e. The molecule has 0 unspecified atom stereocenters. The number of carbonyl (C=O) groups is 1. The molecule has 3 N–H and O–H groups in total. The van der Waals surface area contributed by atoms with Crippen LogP contribution < -0.4 is 10.1 Å². The third-order valence-corrected chi connectivity index (χ3v) is 6.91. The van der Waals surface area contributed by atoms with Gasteiger partial charge < -0.3 is 24.9 Å². The summed E-state index contributed by atoms with van der Waals surface area (Å²) in [6, 6.07) is 10.1. The van der Waals surface area contributed by atoms with Crippen LogP contribution in [0.5, 0.6) is 11.5 Å². The van der Waals surface area contributed by atoms with E-state index in [0.717, 1.165) is 10.9 Å². The zero-order valence-corrected chi connectivity index (χ0v) is 23.3. The maximum atomic E-state index is 14.0. The lowest BCUT2D eigenvalue weighted by Gasteiger charge is -2.22. The number of rotatable bonds is 8. The number of methoxy groups -OCH3 is 1. The van der Waals surface area contributed by atoms with Gasteiger partial charge in [-0.1, -0.05) is 6.07 Å². The molecule has 5 rings (SSSR count). The van der Waals surface area contributed by atoms with E-state index >= 15 is 0 Å². The Bertz CT molecular complexity index is 1730. The van der Waals surface area contributed by atoms with Gasteiger partial charge in [-0.2, -0.15) is 0 Å². The van der Waals surface area contributed by atoms with E-state index in [9.17, 15) is 14.3 Å². The monoisotopic (exact) mass is 545 g/mol. The van der Waals surface area contributed by atoms with Crippen molar-refractivity contribution in [2.75, 3.05) is 20.3 Å². The highest BCUT2D eigenvalue weighted by molar-refractivity contribution is 6.07. The molecule has 0 aliphatic rings. The number of amides is 1. The number of nitrogens with zero attached hydrogens (tertiary/aromatic N) is 3. The van der Waals surface area contributed by atoms with Crippen LogP contribution in [0.25, 0.3) is 27.7 Å². The third-order valence-electron chi connectivity index (χ3n) is 6.91. The molecule has 0 bridgehead atoms. The Labute approximate surface area is 231 Å². The molecule has 0 aliphatic carbocycles. The summed E-state index contributed by atoms with van der Waals surface area (Å²) in [5, 5.41) is 23.0. The summed E-state index contributed by atoms with van der Waals surface area (Å²) in [4.78, 5) is 16.2. The first-order chi connectivity index (χ1) is 19.0. The first-order valence-electron chi connectivity index (χ1n) is 12.9. The average Bonchev–Trinajstić information content (AvgIpc) is 3.49. The minimum atomic E-state index is -1.13. The fourth-order valence-electron chi connectivity index (χ4n) is 4.81. The van der Waals surface area contributed by atoms with Gasteiger partial charge in [-0.25, -0.2) is 4.39 Å². The Balaban J connectivity index is 1.75. The number of fused-ring (bicyclic) bond motifs is 3. The standard InChI is InChI=1S/C30H32FN5O4/c1-16-11-20(31)12-17(2)27(16)40-25-8-7-19(30(4,5)38)13-21(25)23-15-36-18(3)34-35-28(36)26-22(23)14-24(33-26)29(37)32-9-10-39-6/h7-8,11-15,33,38H,9-10H2,1-6H3,(H,32,37). The lowest BCUT2D eigenvalue weighted by atomic mass is 9.93. The van der Waals surface area contributed by atoms with Crippen LogP contribution in [-0.2, 0) is 10.3 Å². The molecule has 3 aromatic heterocycles. The fraction of sp³-hybridized carbons (Fsp3) is 0.300. The zero-order valence-electron chi connectivity index (χ0n) is 23.3. The number of ether oxygens (including phenoxy) is 2. The minimum absolute atomic E-state index is 0.284. The fourth-order valence-corrected chi connectivity index (χ4v) is 4.81. The van der Waals surface area contributed by atoms with Crippen molar-refractivity contribution in [2.45, 2.75) is 40.2 Å². The average molecular weight is 546 g/mol. The molecule has 0 atom stereocenters. The Morgan fingerprint density at radius 3 is 2.50 bits per heavy atom. The highest BCUT2D eigenvalue weighted by Crippen LogP contribution is 2.42. The van der Waals surface area contributed by atoms with E-state index in [1.54, 1.807) is 53.0 Å². The second kappa shape index (κ2) is 10.4. The van der Waals surface area contributed by atoms with Crippen molar-refractivity contribution in [3.63, 3.8) is 0 Å². The van der Waals surface area contributed by atoms with Gasteiger partial charge in [0.2, 0.25) is 0 Å². The van der Waals surface area contributed by atoms with E-state index in [0.29, 0.717) is 69.6 Å². The molecule has 0 fully saturated rings. The first-order valence-corrected chi connectivity index (χ1v) is 12.9. The molecule has 0 saturated carbocycles. The summed E-state index contributed by atoms with van der Waals surface area (Å²) in [6.07, 6.45) is 1.90. The largest absolute Gasteiger partial charge is 0.456 e. The lowest BCUT2D eigenvalue weighted by Crippen LogP contribution is -2.27. The number of aliphatic hydroxyl groups is 1. The summed E-state index contributed by atoms with van der Waals surface area (Å²) in [6.45, 7) is 9.59. The number of H-pyrrole nitrogens is 1.